The standard InChI is InChI=1S/C14H15N3O2/c1-14(2)6-9-4-3-5-11(12(9)19-14)18-13-10(15)7-16-8-17-13/h3-5,7-8H,6,15H2,1-2H3. The molecular formula is C14H15N3O2. The number of ether oxygens (including phenoxy) is 2. The summed E-state index contributed by atoms with van der Waals surface area (Å²) in [5.74, 6) is 1.75. The van der Waals surface area contributed by atoms with Crippen molar-refractivity contribution in [2.45, 2.75) is 25.9 Å². The molecule has 0 spiro atoms. The topological polar surface area (TPSA) is 70.3 Å². The van der Waals surface area contributed by atoms with Gasteiger partial charge in [-0.15, -0.1) is 0 Å². The summed E-state index contributed by atoms with van der Waals surface area (Å²) in [6, 6.07) is 5.83. The first-order valence-corrected chi connectivity index (χ1v) is 6.09. The number of fused-ring (bicyclic) bond motifs is 1. The Bertz CT molecular complexity index is 626. The van der Waals surface area contributed by atoms with Crippen LogP contribution < -0.4 is 15.2 Å². The first kappa shape index (κ1) is 11.8. The minimum absolute atomic E-state index is 0.209. The van der Waals surface area contributed by atoms with Gasteiger partial charge < -0.3 is 15.2 Å². The molecule has 19 heavy (non-hydrogen) atoms. The molecule has 5 heteroatoms. The third-order valence-corrected chi connectivity index (χ3v) is 2.96. The van der Waals surface area contributed by atoms with Crippen molar-refractivity contribution in [3.8, 4) is 17.4 Å². The van der Waals surface area contributed by atoms with E-state index in [9.17, 15) is 0 Å². The molecule has 2 heterocycles. The Morgan fingerprint density at radius 2 is 2.21 bits per heavy atom. The number of hydrogen-bond donors (Lipinski definition) is 1. The first-order chi connectivity index (χ1) is 9.05. The Labute approximate surface area is 111 Å². The van der Waals surface area contributed by atoms with E-state index in [2.05, 4.69) is 23.8 Å². The van der Waals surface area contributed by atoms with E-state index in [4.69, 9.17) is 15.2 Å². The van der Waals surface area contributed by atoms with E-state index in [0.29, 0.717) is 17.3 Å². The van der Waals surface area contributed by atoms with Gasteiger partial charge >= 0.3 is 0 Å². The number of benzene rings is 1. The lowest BCUT2D eigenvalue weighted by molar-refractivity contribution is 0.135. The van der Waals surface area contributed by atoms with Crippen molar-refractivity contribution in [2.75, 3.05) is 5.73 Å². The summed E-state index contributed by atoms with van der Waals surface area (Å²) in [4.78, 5) is 7.86. The number of nitrogens with two attached hydrogens (primary N) is 1. The van der Waals surface area contributed by atoms with Crippen LogP contribution in [0.25, 0.3) is 0 Å². The average Bonchev–Trinajstić information content (AvgIpc) is 2.67. The number of rotatable bonds is 2. The van der Waals surface area contributed by atoms with E-state index < -0.39 is 0 Å². The van der Waals surface area contributed by atoms with Crippen molar-refractivity contribution in [3.63, 3.8) is 0 Å². The minimum Gasteiger partial charge on any atom is -0.483 e. The molecule has 2 N–H and O–H groups in total. The lowest BCUT2D eigenvalue weighted by atomic mass is 10.0. The number of nitrogen functional groups attached to an aromatic ring is 1. The highest BCUT2D eigenvalue weighted by Gasteiger charge is 2.32. The average molecular weight is 257 g/mol. The predicted octanol–water partition coefficient (Wildman–Crippen LogP) is 2.56. The molecule has 0 radical (unpaired) electrons. The smallest absolute Gasteiger partial charge is 0.245 e. The monoisotopic (exact) mass is 257 g/mol. The van der Waals surface area contributed by atoms with E-state index >= 15 is 0 Å². The van der Waals surface area contributed by atoms with Gasteiger partial charge in [-0.05, 0) is 19.9 Å². The Morgan fingerprint density at radius 3 is 3.00 bits per heavy atom. The Morgan fingerprint density at radius 1 is 1.37 bits per heavy atom. The SMILES string of the molecule is CC1(C)Cc2cccc(Oc3ncncc3N)c2O1. The van der Waals surface area contributed by atoms with Crippen LogP contribution in [-0.2, 0) is 6.42 Å². The Hall–Kier alpha value is -2.30. The third-order valence-electron chi connectivity index (χ3n) is 2.96. The molecule has 2 aromatic rings. The largest absolute Gasteiger partial charge is 0.483 e. The van der Waals surface area contributed by atoms with Crippen molar-refractivity contribution in [3.05, 3.63) is 36.3 Å². The maximum absolute atomic E-state index is 5.93. The molecule has 0 unspecified atom stereocenters. The molecule has 0 saturated heterocycles. The summed E-state index contributed by atoms with van der Waals surface area (Å²) in [5, 5.41) is 0. The van der Waals surface area contributed by atoms with Crippen LogP contribution in [0.2, 0.25) is 0 Å². The molecule has 0 aliphatic carbocycles. The molecule has 5 nitrogen and oxygen atoms in total. The van der Waals surface area contributed by atoms with Crippen LogP contribution in [-0.4, -0.2) is 15.6 Å². The lowest BCUT2D eigenvalue weighted by Gasteiger charge is -2.18. The quantitative estimate of drug-likeness (QED) is 0.895. The second kappa shape index (κ2) is 4.12. The van der Waals surface area contributed by atoms with Crippen molar-refractivity contribution in [1.29, 1.82) is 0 Å². The molecule has 0 fully saturated rings. The Balaban J connectivity index is 1.96. The van der Waals surface area contributed by atoms with Crippen LogP contribution in [0.15, 0.2) is 30.7 Å². The molecule has 0 atom stereocenters. The van der Waals surface area contributed by atoms with Crippen molar-refractivity contribution < 1.29 is 9.47 Å². The zero-order valence-corrected chi connectivity index (χ0v) is 10.9. The maximum Gasteiger partial charge on any atom is 0.245 e. The summed E-state index contributed by atoms with van der Waals surface area (Å²) < 4.78 is 11.7. The number of aromatic nitrogens is 2. The lowest BCUT2D eigenvalue weighted by Crippen LogP contribution is -2.24. The summed E-state index contributed by atoms with van der Waals surface area (Å²) >= 11 is 0. The minimum atomic E-state index is -0.209. The van der Waals surface area contributed by atoms with Gasteiger partial charge in [0.2, 0.25) is 5.88 Å². The number of anilines is 1. The van der Waals surface area contributed by atoms with E-state index in [0.717, 1.165) is 17.7 Å². The second-order valence-electron chi connectivity index (χ2n) is 5.17. The first-order valence-electron chi connectivity index (χ1n) is 6.09. The van der Waals surface area contributed by atoms with Gasteiger partial charge in [0.25, 0.3) is 0 Å². The maximum atomic E-state index is 5.93. The number of nitrogens with zero attached hydrogens (tertiary/aromatic N) is 2. The summed E-state index contributed by atoms with van der Waals surface area (Å²) in [6.07, 6.45) is 3.77. The summed E-state index contributed by atoms with van der Waals surface area (Å²) in [6.45, 7) is 4.10. The van der Waals surface area contributed by atoms with Gasteiger partial charge in [-0.3, -0.25) is 0 Å². The van der Waals surface area contributed by atoms with E-state index in [1.165, 1.54) is 12.5 Å². The fraction of sp³-hybridized carbons (Fsp3) is 0.286. The zero-order valence-electron chi connectivity index (χ0n) is 10.9. The van der Waals surface area contributed by atoms with Crippen molar-refractivity contribution in [1.82, 2.24) is 9.97 Å². The Kier molecular flexibility index (Phi) is 2.55. The zero-order chi connectivity index (χ0) is 13.5. The van der Waals surface area contributed by atoms with Crippen LogP contribution in [0.3, 0.4) is 0 Å². The van der Waals surface area contributed by atoms with E-state index in [1.807, 2.05) is 18.2 Å². The second-order valence-corrected chi connectivity index (χ2v) is 5.17. The third kappa shape index (κ3) is 2.19. The molecule has 1 aromatic carbocycles. The van der Waals surface area contributed by atoms with Crippen LogP contribution in [0.4, 0.5) is 5.69 Å². The molecule has 3 rings (SSSR count). The number of hydrogen-bond acceptors (Lipinski definition) is 5. The van der Waals surface area contributed by atoms with Gasteiger partial charge in [-0.2, -0.15) is 4.98 Å². The number of para-hydroxylation sites is 1. The fourth-order valence-corrected chi connectivity index (χ4v) is 2.19. The highest BCUT2D eigenvalue weighted by atomic mass is 16.5. The van der Waals surface area contributed by atoms with Gasteiger partial charge in [0.05, 0.1) is 6.20 Å². The van der Waals surface area contributed by atoms with Crippen molar-refractivity contribution in [2.24, 2.45) is 0 Å². The van der Waals surface area contributed by atoms with Crippen molar-refractivity contribution >= 4 is 5.69 Å². The highest BCUT2D eigenvalue weighted by molar-refractivity contribution is 5.54. The normalized spacial score (nSPS) is 15.7. The molecule has 1 aliphatic rings. The van der Waals surface area contributed by atoms with Gasteiger partial charge in [0.15, 0.2) is 11.5 Å². The molecule has 0 saturated carbocycles. The molecule has 0 amide bonds. The molecule has 98 valence electrons. The van der Waals surface area contributed by atoms with Crippen LogP contribution in [0, 0.1) is 0 Å². The molecule has 1 aliphatic heterocycles. The van der Waals surface area contributed by atoms with E-state index in [-0.39, 0.29) is 5.60 Å². The van der Waals surface area contributed by atoms with Crippen LogP contribution >= 0.6 is 0 Å². The van der Waals surface area contributed by atoms with Crippen LogP contribution in [0.5, 0.6) is 17.4 Å². The molecule has 0 bridgehead atoms. The fourth-order valence-electron chi connectivity index (χ4n) is 2.19. The van der Waals surface area contributed by atoms with Gasteiger partial charge in [-0.25, -0.2) is 4.98 Å². The van der Waals surface area contributed by atoms with Gasteiger partial charge in [0.1, 0.15) is 17.6 Å². The van der Waals surface area contributed by atoms with E-state index in [1.54, 1.807) is 0 Å². The summed E-state index contributed by atoms with van der Waals surface area (Å²) in [7, 11) is 0. The van der Waals surface area contributed by atoms with Gasteiger partial charge in [-0.1, -0.05) is 12.1 Å². The van der Waals surface area contributed by atoms with Crippen LogP contribution in [0.1, 0.15) is 19.4 Å². The molecular weight excluding hydrogens is 242 g/mol. The highest BCUT2D eigenvalue weighted by Crippen LogP contribution is 2.43. The van der Waals surface area contributed by atoms with Gasteiger partial charge in [0, 0.05) is 12.0 Å². The molecule has 1 aromatic heterocycles. The summed E-state index contributed by atoms with van der Waals surface area (Å²) in [5.41, 5.74) is 7.10. The predicted molar refractivity (Wildman–Crippen MR) is 71.4 cm³/mol.